The molecule has 2 nitrogen and oxygen atoms in total. The van der Waals surface area contributed by atoms with Crippen LogP contribution in [0, 0.1) is 16.7 Å². The van der Waals surface area contributed by atoms with Gasteiger partial charge in [0, 0.05) is 18.5 Å². The predicted octanol–water partition coefficient (Wildman–Crippen LogP) is 3.22. The Kier molecular flexibility index (Phi) is 4.14. The zero-order chi connectivity index (χ0) is 12.4. The van der Waals surface area contributed by atoms with Gasteiger partial charge in [-0.1, -0.05) is 33.6 Å². The third-order valence-corrected chi connectivity index (χ3v) is 4.46. The SMILES string of the molecule is CC(C)CC1(CNCC2(C)COC2)CCCC1. The average Bonchev–Trinajstić information content (AvgIpc) is 2.63. The molecule has 2 fully saturated rings. The van der Waals surface area contributed by atoms with Crippen LogP contribution in [0.1, 0.15) is 52.9 Å². The minimum absolute atomic E-state index is 0.414. The van der Waals surface area contributed by atoms with Gasteiger partial charge in [-0.15, -0.1) is 0 Å². The maximum Gasteiger partial charge on any atom is 0.0554 e. The van der Waals surface area contributed by atoms with Crippen molar-refractivity contribution in [1.82, 2.24) is 5.32 Å². The van der Waals surface area contributed by atoms with E-state index in [0.29, 0.717) is 10.8 Å². The molecule has 0 aromatic heterocycles. The summed E-state index contributed by atoms with van der Waals surface area (Å²) in [5.41, 5.74) is 1.02. The normalized spacial score (nSPS) is 26.1. The number of hydrogen-bond donors (Lipinski definition) is 1. The van der Waals surface area contributed by atoms with Gasteiger partial charge in [-0.25, -0.2) is 0 Å². The van der Waals surface area contributed by atoms with Gasteiger partial charge in [0.2, 0.25) is 0 Å². The van der Waals surface area contributed by atoms with Crippen LogP contribution in [0.4, 0.5) is 0 Å². The first-order valence-electron chi connectivity index (χ1n) is 7.32. The van der Waals surface area contributed by atoms with Crippen molar-refractivity contribution in [3.63, 3.8) is 0 Å². The number of rotatable bonds is 6. The quantitative estimate of drug-likeness (QED) is 0.768. The third-order valence-electron chi connectivity index (χ3n) is 4.46. The Morgan fingerprint density at radius 3 is 2.24 bits per heavy atom. The molecule has 17 heavy (non-hydrogen) atoms. The standard InChI is InChI=1S/C15H29NO/c1-13(2)8-15(6-4-5-7-15)10-16-9-14(3)11-17-12-14/h13,16H,4-12H2,1-3H3. The Balaban J connectivity index is 1.77. The molecular weight excluding hydrogens is 210 g/mol. The molecule has 1 saturated carbocycles. The lowest BCUT2D eigenvalue weighted by atomic mass is 9.78. The van der Waals surface area contributed by atoms with E-state index in [-0.39, 0.29) is 0 Å². The molecule has 0 aromatic carbocycles. The molecule has 0 amide bonds. The summed E-state index contributed by atoms with van der Waals surface area (Å²) in [7, 11) is 0. The van der Waals surface area contributed by atoms with Crippen LogP contribution in [0.25, 0.3) is 0 Å². The zero-order valence-corrected chi connectivity index (χ0v) is 11.8. The van der Waals surface area contributed by atoms with E-state index in [1.807, 2.05) is 0 Å². The smallest absolute Gasteiger partial charge is 0.0554 e. The molecule has 2 rings (SSSR count). The fraction of sp³-hybridized carbons (Fsp3) is 1.00. The van der Waals surface area contributed by atoms with Crippen molar-refractivity contribution in [1.29, 1.82) is 0 Å². The Bertz CT molecular complexity index is 239. The molecule has 0 bridgehead atoms. The summed E-state index contributed by atoms with van der Waals surface area (Å²) >= 11 is 0. The summed E-state index contributed by atoms with van der Waals surface area (Å²) in [5, 5.41) is 3.74. The summed E-state index contributed by atoms with van der Waals surface area (Å²) in [5.74, 6) is 0.831. The minimum atomic E-state index is 0.414. The van der Waals surface area contributed by atoms with Crippen molar-refractivity contribution in [2.75, 3.05) is 26.3 Å². The average molecular weight is 239 g/mol. The van der Waals surface area contributed by atoms with Gasteiger partial charge in [0.15, 0.2) is 0 Å². The summed E-state index contributed by atoms with van der Waals surface area (Å²) in [6.45, 7) is 11.3. The first-order chi connectivity index (χ1) is 8.04. The first-order valence-corrected chi connectivity index (χ1v) is 7.32. The molecule has 1 heterocycles. The van der Waals surface area contributed by atoms with Crippen molar-refractivity contribution in [2.24, 2.45) is 16.7 Å². The van der Waals surface area contributed by atoms with E-state index in [4.69, 9.17) is 4.74 Å². The van der Waals surface area contributed by atoms with Gasteiger partial charge in [-0.3, -0.25) is 0 Å². The lowest BCUT2D eigenvalue weighted by molar-refractivity contribution is -0.0998. The van der Waals surface area contributed by atoms with E-state index < -0.39 is 0 Å². The molecule has 1 aliphatic carbocycles. The third kappa shape index (κ3) is 3.45. The second-order valence-corrected chi connectivity index (χ2v) is 7.21. The molecule has 2 heteroatoms. The van der Waals surface area contributed by atoms with Crippen molar-refractivity contribution in [2.45, 2.75) is 52.9 Å². The Morgan fingerprint density at radius 1 is 1.12 bits per heavy atom. The lowest BCUT2D eigenvalue weighted by Gasteiger charge is -2.40. The van der Waals surface area contributed by atoms with Crippen LogP contribution in [0.15, 0.2) is 0 Å². The Labute approximate surface area is 107 Å². The Morgan fingerprint density at radius 2 is 1.76 bits per heavy atom. The van der Waals surface area contributed by atoms with E-state index in [0.717, 1.165) is 25.7 Å². The molecule has 2 aliphatic rings. The maximum absolute atomic E-state index is 5.31. The van der Waals surface area contributed by atoms with Gasteiger partial charge >= 0.3 is 0 Å². The summed E-state index contributed by atoms with van der Waals surface area (Å²) in [4.78, 5) is 0. The molecule has 0 aromatic rings. The van der Waals surface area contributed by atoms with Crippen LogP contribution >= 0.6 is 0 Å². The fourth-order valence-corrected chi connectivity index (χ4v) is 3.63. The summed E-state index contributed by atoms with van der Waals surface area (Å²) < 4.78 is 5.31. The maximum atomic E-state index is 5.31. The van der Waals surface area contributed by atoms with Gasteiger partial charge in [-0.2, -0.15) is 0 Å². The molecule has 0 unspecified atom stereocenters. The highest BCUT2D eigenvalue weighted by molar-refractivity contribution is 4.89. The predicted molar refractivity (Wildman–Crippen MR) is 72.2 cm³/mol. The highest BCUT2D eigenvalue weighted by Gasteiger charge is 2.36. The first kappa shape index (κ1) is 13.4. The van der Waals surface area contributed by atoms with Crippen LogP contribution < -0.4 is 5.32 Å². The van der Waals surface area contributed by atoms with Gasteiger partial charge in [0.05, 0.1) is 13.2 Å². The van der Waals surface area contributed by atoms with Crippen LogP contribution in [-0.4, -0.2) is 26.3 Å². The van der Waals surface area contributed by atoms with Crippen molar-refractivity contribution < 1.29 is 4.74 Å². The summed E-state index contributed by atoms with van der Waals surface area (Å²) in [6.07, 6.45) is 7.15. The largest absolute Gasteiger partial charge is 0.380 e. The van der Waals surface area contributed by atoms with Crippen molar-refractivity contribution in [3.8, 4) is 0 Å². The topological polar surface area (TPSA) is 21.3 Å². The van der Waals surface area contributed by atoms with E-state index in [1.165, 1.54) is 38.6 Å². The summed E-state index contributed by atoms with van der Waals surface area (Å²) in [6, 6.07) is 0. The lowest BCUT2D eigenvalue weighted by Crippen LogP contribution is -2.49. The molecular formula is C15H29NO. The second kappa shape index (κ2) is 5.27. The fourth-order valence-electron chi connectivity index (χ4n) is 3.63. The Hall–Kier alpha value is -0.0800. The molecule has 1 aliphatic heterocycles. The van der Waals surface area contributed by atoms with E-state index in [2.05, 4.69) is 26.1 Å². The van der Waals surface area contributed by atoms with Crippen LogP contribution in [0.2, 0.25) is 0 Å². The van der Waals surface area contributed by atoms with Gasteiger partial charge in [0.25, 0.3) is 0 Å². The zero-order valence-electron chi connectivity index (χ0n) is 11.8. The molecule has 100 valence electrons. The minimum Gasteiger partial charge on any atom is -0.380 e. The highest BCUT2D eigenvalue weighted by atomic mass is 16.5. The number of nitrogens with one attached hydrogen (secondary N) is 1. The van der Waals surface area contributed by atoms with Crippen LogP contribution in [0.3, 0.4) is 0 Å². The van der Waals surface area contributed by atoms with E-state index in [1.54, 1.807) is 0 Å². The van der Waals surface area contributed by atoms with Gasteiger partial charge in [-0.05, 0) is 30.6 Å². The van der Waals surface area contributed by atoms with Gasteiger partial charge < -0.3 is 10.1 Å². The molecule has 1 saturated heterocycles. The monoisotopic (exact) mass is 239 g/mol. The highest BCUT2D eigenvalue weighted by Crippen LogP contribution is 2.42. The van der Waals surface area contributed by atoms with E-state index >= 15 is 0 Å². The van der Waals surface area contributed by atoms with Crippen LogP contribution in [0.5, 0.6) is 0 Å². The van der Waals surface area contributed by atoms with Crippen molar-refractivity contribution >= 4 is 0 Å². The molecule has 0 radical (unpaired) electrons. The van der Waals surface area contributed by atoms with Gasteiger partial charge in [0.1, 0.15) is 0 Å². The van der Waals surface area contributed by atoms with E-state index in [9.17, 15) is 0 Å². The molecule has 0 spiro atoms. The number of hydrogen-bond acceptors (Lipinski definition) is 2. The second-order valence-electron chi connectivity index (χ2n) is 7.21. The number of ether oxygens (including phenoxy) is 1. The molecule has 1 N–H and O–H groups in total. The van der Waals surface area contributed by atoms with Crippen LogP contribution in [-0.2, 0) is 4.74 Å². The van der Waals surface area contributed by atoms with Crippen molar-refractivity contribution in [3.05, 3.63) is 0 Å². The molecule has 0 atom stereocenters.